The Hall–Kier alpha value is -2.54. The minimum Gasteiger partial charge on any atom is -0.313 e. The van der Waals surface area contributed by atoms with E-state index in [1.165, 1.54) is 5.56 Å². The third kappa shape index (κ3) is 3.19. The van der Waals surface area contributed by atoms with Crippen molar-refractivity contribution in [2.75, 3.05) is 0 Å². The van der Waals surface area contributed by atoms with Crippen LogP contribution in [-0.2, 0) is 33.0 Å². The van der Waals surface area contributed by atoms with Crippen LogP contribution in [0.5, 0.6) is 0 Å². The van der Waals surface area contributed by atoms with Crippen LogP contribution in [0, 0.1) is 0 Å². The molecule has 0 radical (unpaired) electrons. The fourth-order valence-corrected chi connectivity index (χ4v) is 3.49. The lowest BCUT2D eigenvalue weighted by molar-refractivity contribution is 0.373. The zero-order valence-electron chi connectivity index (χ0n) is 14.7. The molecule has 1 N–H and O–H groups in total. The van der Waals surface area contributed by atoms with Gasteiger partial charge in [-0.2, -0.15) is 5.10 Å². The van der Waals surface area contributed by atoms with Gasteiger partial charge >= 0.3 is 0 Å². The van der Waals surface area contributed by atoms with Gasteiger partial charge in [-0.15, -0.1) is 10.2 Å². The van der Waals surface area contributed by atoms with Crippen LogP contribution in [0.2, 0.25) is 0 Å². The zero-order chi connectivity index (χ0) is 17.2. The predicted octanol–water partition coefficient (Wildman–Crippen LogP) is 1.74. The minimum absolute atomic E-state index is 0.430. The number of aromatic nitrogens is 6. The minimum atomic E-state index is 0.430. The summed E-state index contributed by atoms with van der Waals surface area (Å²) in [6.45, 7) is 3.87. The van der Waals surface area contributed by atoms with Crippen molar-refractivity contribution in [3.05, 3.63) is 47.9 Å². The standard InChI is InChI=1S/C18H23N7/c1-3-16-21-22-17-5-4-15(12-25(16)17)20-10-14-11-24(2)23-18(14)13-6-8-19-9-7-13/h6-9,11,15,20H,3-5,10,12H2,1-2H3/t15-/m1/s1. The molecule has 25 heavy (non-hydrogen) atoms. The van der Waals surface area contributed by atoms with Crippen molar-refractivity contribution >= 4 is 0 Å². The van der Waals surface area contributed by atoms with Gasteiger partial charge in [-0.25, -0.2) is 0 Å². The molecule has 1 aliphatic rings. The van der Waals surface area contributed by atoms with Crippen LogP contribution in [0.3, 0.4) is 0 Å². The first-order valence-corrected chi connectivity index (χ1v) is 8.82. The molecule has 3 aromatic rings. The Kier molecular flexibility index (Phi) is 4.31. The average molecular weight is 337 g/mol. The molecule has 0 spiro atoms. The molecule has 1 atom stereocenters. The van der Waals surface area contributed by atoms with Crippen LogP contribution in [0.15, 0.2) is 30.7 Å². The normalized spacial score (nSPS) is 16.8. The lowest BCUT2D eigenvalue weighted by Gasteiger charge is -2.25. The largest absolute Gasteiger partial charge is 0.313 e. The van der Waals surface area contributed by atoms with E-state index in [4.69, 9.17) is 0 Å². The van der Waals surface area contributed by atoms with Gasteiger partial charge in [0.05, 0.1) is 5.69 Å². The lowest BCUT2D eigenvalue weighted by Crippen LogP contribution is -2.37. The summed E-state index contributed by atoms with van der Waals surface area (Å²) in [5.74, 6) is 2.20. The van der Waals surface area contributed by atoms with Gasteiger partial charge < -0.3 is 9.88 Å². The second-order valence-electron chi connectivity index (χ2n) is 6.53. The van der Waals surface area contributed by atoms with E-state index >= 15 is 0 Å². The van der Waals surface area contributed by atoms with Gasteiger partial charge in [0.1, 0.15) is 11.6 Å². The number of fused-ring (bicyclic) bond motifs is 1. The lowest BCUT2D eigenvalue weighted by atomic mass is 10.1. The van der Waals surface area contributed by atoms with Crippen molar-refractivity contribution in [2.24, 2.45) is 7.05 Å². The number of nitrogens with one attached hydrogen (secondary N) is 1. The molecule has 7 nitrogen and oxygen atoms in total. The molecule has 0 amide bonds. The van der Waals surface area contributed by atoms with Crippen LogP contribution in [0.4, 0.5) is 0 Å². The van der Waals surface area contributed by atoms with Crippen molar-refractivity contribution in [2.45, 2.75) is 45.3 Å². The highest BCUT2D eigenvalue weighted by molar-refractivity contribution is 5.61. The van der Waals surface area contributed by atoms with Gasteiger partial charge in [0, 0.05) is 68.7 Å². The summed E-state index contributed by atoms with van der Waals surface area (Å²) in [6, 6.07) is 4.44. The summed E-state index contributed by atoms with van der Waals surface area (Å²) in [7, 11) is 1.96. The molecule has 1 aliphatic heterocycles. The molecule has 0 fully saturated rings. The summed E-state index contributed by atoms with van der Waals surface area (Å²) >= 11 is 0. The van der Waals surface area contributed by atoms with E-state index in [9.17, 15) is 0 Å². The van der Waals surface area contributed by atoms with Crippen molar-refractivity contribution in [1.29, 1.82) is 0 Å². The molecule has 3 aromatic heterocycles. The number of nitrogens with zero attached hydrogens (tertiary/aromatic N) is 6. The molecule has 0 bridgehead atoms. The maximum atomic E-state index is 4.62. The highest BCUT2D eigenvalue weighted by atomic mass is 15.3. The summed E-state index contributed by atoms with van der Waals surface area (Å²) in [5, 5.41) is 16.9. The third-order valence-electron chi connectivity index (χ3n) is 4.78. The maximum Gasteiger partial charge on any atom is 0.133 e. The van der Waals surface area contributed by atoms with E-state index < -0.39 is 0 Å². The molecular weight excluding hydrogens is 314 g/mol. The van der Waals surface area contributed by atoms with E-state index in [1.807, 2.05) is 36.3 Å². The van der Waals surface area contributed by atoms with Crippen LogP contribution in [-0.4, -0.2) is 35.6 Å². The van der Waals surface area contributed by atoms with Crippen LogP contribution in [0.1, 0.15) is 30.6 Å². The van der Waals surface area contributed by atoms with Crippen molar-refractivity contribution in [3.63, 3.8) is 0 Å². The summed E-state index contributed by atoms with van der Waals surface area (Å²) in [5.41, 5.74) is 3.33. The molecule has 4 rings (SSSR count). The Morgan fingerprint density at radius 3 is 2.88 bits per heavy atom. The Bertz CT molecular complexity index is 836. The summed E-state index contributed by atoms with van der Waals surface area (Å²) in [6.07, 6.45) is 8.70. The molecule has 0 unspecified atom stereocenters. The van der Waals surface area contributed by atoms with E-state index in [0.717, 1.165) is 55.3 Å². The van der Waals surface area contributed by atoms with Crippen LogP contribution in [0.25, 0.3) is 11.3 Å². The first-order valence-electron chi connectivity index (χ1n) is 8.82. The Labute approximate surface area is 147 Å². The van der Waals surface area contributed by atoms with Gasteiger partial charge in [-0.05, 0) is 18.6 Å². The number of hydrogen-bond acceptors (Lipinski definition) is 5. The topological polar surface area (TPSA) is 73.5 Å². The van der Waals surface area contributed by atoms with Crippen molar-refractivity contribution in [1.82, 2.24) is 34.8 Å². The van der Waals surface area contributed by atoms with Gasteiger partial charge in [0.15, 0.2) is 0 Å². The second kappa shape index (κ2) is 6.76. The molecule has 4 heterocycles. The number of pyridine rings is 1. The van der Waals surface area contributed by atoms with Gasteiger partial charge in [-0.3, -0.25) is 9.67 Å². The quantitative estimate of drug-likeness (QED) is 0.768. The highest BCUT2D eigenvalue weighted by Gasteiger charge is 2.22. The highest BCUT2D eigenvalue weighted by Crippen LogP contribution is 2.22. The molecule has 0 saturated carbocycles. The fraction of sp³-hybridized carbons (Fsp3) is 0.444. The number of rotatable bonds is 5. The van der Waals surface area contributed by atoms with Gasteiger partial charge in [0.2, 0.25) is 0 Å². The fourth-order valence-electron chi connectivity index (χ4n) is 3.49. The molecule has 0 saturated heterocycles. The van der Waals surface area contributed by atoms with Crippen molar-refractivity contribution in [3.8, 4) is 11.3 Å². The van der Waals surface area contributed by atoms with Gasteiger partial charge in [-0.1, -0.05) is 6.92 Å². The van der Waals surface area contributed by atoms with E-state index in [-0.39, 0.29) is 0 Å². The molecule has 0 aliphatic carbocycles. The van der Waals surface area contributed by atoms with Crippen LogP contribution >= 0.6 is 0 Å². The first-order chi connectivity index (χ1) is 12.2. The predicted molar refractivity (Wildman–Crippen MR) is 94.8 cm³/mol. The molecular formula is C18H23N7. The van der Waals surface area contributed by atoms with Crippen LogP contribution < -0.4 is 5.32 Å². The molecule has 0 aromatic carbocycles. The van der Waals surface area contributed by atoms with E-state index in [2.05, 4.69) is 43.3 Å². The zero-order valence-corrected chi connectivity index (χ0v) is 14.7. The maximum absolute atomic E-state index is 4.62. The number of hydrogen-bond donors (Lipinski definition) is 1. The molecule has 7 heteroatoms. The Morgan fingerprint density at radius 1 is 1.24 bits per heavy atom. The van der Waals surface area contributed by atoms with Gasteiger partial charge in [0.25, 0.3) is 0 Å². The Balaban J connectivity index is 1.48. The smallest absolute Gasteiger partial charge is 0.133 e. The van der Waals surface area contributed by atoms with Crippen molar-refractivity contribution < 1.29 is 0 Å². The van der Waals surface area contributed by atoms with E-state index in [0.29, 0.717) is 6.04 Å². The second-order valence-corrected chi connectivity index (χ2v) is 6.53. The summed E-state index contributed by atoms with van der Waals surface area (Å²) < 4.78 is 4.15. The number of aryl methyl sites for hydroxylation is 3. The monoisotopic (exact) mass is 337 g/mol. The third-order valence-corrected chi connectivity index (χ3v) is 4.78. The van der Waals surface area contributed by atoms with E-state index in [1.54, 1.807) is 0 Å². The first kappa shape index (κ1) is 16.0. The Morgan fingerprint density at radius 2 is 2.08 bits per heavy atom. The molecule has 130 valence electrons. The average Bonchev–Trinajstić information content (AvgIpc) is 3.23. The summed E-state index contributed by atoms with van der Waals surface area (Å²) in [4.78, 5) is 4.09. The SMILES string of the molecule is CCc1nnc2n1C[C@H](NCc1cn(C)nc1-c1ccncc1)CC2.